The van der Waals surface area contributed by atoms with Crippen LogP contribution in [0.15, 0.2) is 12.7 Å². The number of rotatable bonds is 6. The van der Waals surface area contributed by atoms with Crippen molar-refractivity contribution in [3.05, 3.63) is 12.7 Å². The molecule has 0 rings (SSSR count). The second-order valence-corrected chi connectivity index (χ2v) is 3.75. The Morgan fingerprint density at radius 1 is 0.864 bits per heavy atom. The van der Waals surface area contributed by atoms with E-state index in [2.05, 4.69) is 16.1 Å². The van der Waals surface area contributed by atoms with Crippen LogP contribution >= 0.6 is 0 Å². The van der Waals surface area contributed by atoms with Gasteiger partial charge in [0, 0.05) is 12.5 Å². The second kappa shape index (κ2) is 6.75. The van der Waals surface area contributed by atoms with Gasteiger partial charge in [-0.1, -0.05) is 6.58 Å². The van der Waals surface area contributed by atoms with E-state index in [0.717, 1.165) is 0 Å². The van der Waals surface area contributed by atoms with Crippen LogP contribution in [0.2, 0.25) is 0 Å². The fourth-order valence-electron chi connectivity index (χ4n) is 1.24. The van der Waals surface area contributed by atoms with Gasteiger partial charge in [-0.25, -0.2) is 4.79 Å². The number of carbonyl (C=O) groups is 1. The van der Waals surface area contributed by atoms with Crippen molar-refractivity contribution in [2.45, 2.75) is 30.6 Å². The van der Waals surface area contributed by atoms with Crippen molar-refractivity contribution in [2.24, 2.45) is 0 Å². The van der Waals surface area contributed by atoms with Gasteiger partial charge in [-0.2, -0.15) is 39.5 Å². The molecule has 0 unspecified atom stereocenters. The molecule has 130 valence electrons. The first-order valence-corrected chi connectivity index (χ1v) is 5.34. The van der Waals surface area contributed by atoms with Crippen molar-refractivity contribution in [2.75, 3.05) is 13.2 Å². The van der Waals surface area contributed by atoms with Crippen molar-refractivity contribution in [3.63, 3.8) is 0 Å². The zero-order valence-corrected chi connectivity index (χ0v) is 10.5. The van der Waals surface area contributed by atoms with E-state index in [9.17, 15) is 44.3 Å². The molecule has 0 heterocycles. The lowest BCUT2D eigenvalue weighted by molar-refractivity contribution is -0.457. The Bertz CT molecular complexity index is 358. The van der Waals surface area contributed by atoms with E-state index in [1.54, 1.807) is 0 Å². The van der Waals surface area contributed by atoms with Crippen molar-refractivity contribution in [3.8, 4) is 0 Å². The summed E-state index contributed by atoms with van der Waals surface area (Å²) in [6.45, 7) is 0.608. The fraction of sp³-hybridized carbons (Fsp3) is 0.700. The molecule has 0 N–H and O–H groups in total. The third-order valence-corrected chi connectivity index (χ3v) is 2.22. The van der Waals surface area contributed by atoms with E-state index in [1.807, 2.05) is 0 Å². The average molecular weight is 348 g/mol. The molecule has 0 radical (unpaired) electrons. The first-order valence-electron chi connectivity index (χ1n) is 5.34. The van der Waals surface area contributed by atoms with E-state index in [4.69, 9.17) is 0 Å². The van der Waals surface area contributed by atoms with Crippen LogP contribution in [0.1, 0.15) is 6.42 Å². The monoisotopic (exact) mass is 348 g/mol. The minimum absolute atomic E-state index is 0.645. The largest absolute Gasteiger partial charge is 0.462 e. The standard InChI is InChI=1S/C10H9F9O3/c1-2-6(20)21-4-3-5-22-7(8(11,12)13,9(14,15)16)10(17,18)19/h2H,1,3-5H2. The van der Waals surface area contributed by atoms with Crippen LogP contribution in [0.25, 0.3) is 0 Å². The normalized spacial score (nSPS) is 13.9. The molecule has 12 heteroatoms. The maximum absolute atomic E-state index is 12.4. The van der Waals surface area contributed by atoms with E-state index in [1.165, 1.54) is 0 Å². The van der Waals surface area contributed by atoms with Crippen LogP contribution < -0.4 is 0 Å². The predicted molar refractivity (Wildman–Crippen MR) is 52.6 cm³/mol. The first kappa shape index (κ1) is 20.5. The van der Waals surface area contributed by atoms with Crippen molar-refractivity contribution in [1.82, 2.24) is 0 Å². The highest BCUT2D eigenvalue weighted by Crippen LogP contribution is 2.54. The lowest BCUT2D eigenvalue weighted by atomic mass is 10.0. The Kier molecular flexibility index (Phi) is 6.30. The molecular weight excluding hydrogens is 339 g/mol. The third kappa shape index (κ3) is 4.27. The van der Waals surface area contributed by atoms with Crippen LogP contribution in [0, 0.1) is 0 Å². The molecule has 22 heavy (non-hydrogen) atoms. The zero-order valence-electron chi connectivity index (χ0n) is 10.5. The number of esters is 1. The molecule has 0 aromatic carbocycles. The van der Waals surface area contributed by atoms with Gasteiger partial charge in [0.1, 0.15) is 0 Å². The third-order valence-electron chi connectivity index (χ3n) is 2.22. The Hall–Kier alpha value is -1.46. The van der Waals surface area contributed by atoms with Crippen LogP contribution in [-0.2, 0) is 14.3 Å². The van der Waals surface area contributed by atoms with Gasteiger partial charge in [0.25, 0.3) is 0 Å². The minimum Gasteiger partial charge on any atom is -0.462 e. The molecule has 0 aromatic rings. The second-order valence-electron chi connectivity index (χ2n) is 3.75. The van der Waals surface area contributed by atoms with Crippen LogP contribution in [0.3, 0.4) is 0 Å². The summed E-state index contributed by atoms with van der Waals surface area (Å²) in [5.41, 5.74) is -6.31. The fourth-order valence-corrected chi connectivity index (χ4v) is 1.24. The van der Waals surface area contributed by atoms with Crippen molar-refractivity contribution >= 4 is 5.97 Å². The van der Waals surface area contributed by atoms with Gasteiger partial charge in [0.2, 0.25) is 0 Å². The molecule has 0 aliphatic heterocycles. The van der Waals surface area contributed by atoms with E-state index >= 15 is 0 Å². The quantitative estimate of drug-likeness (QED) is 0.319. The number of hydrogen-bond acceptors (Lipinski definition) is 3. The predicted octanol–water partition coefficient (Wildman–Crippen LogP) is 3.55. The summed E-state index contributed by atoms with van der Waals surface area (Å²) in [6.07, 6.45) is -20.5. The number of ether oxygens (including phenoxy) is 2. The summed E-state index contributed by atoms with van der Waals surface area (Å²) in [5.74, 6) is -1.05. The maximum atomic E-state index is 12.4. The van der Waals surface area contributed by atoms with Gasteiger partial charge in [-0.3, -0.25) is 0 Å². The summed E-state index contributed by atoms with van der Waals surface area (Å²) < 4.78 is 119. The lowest BCUT2D eigenvalue weighted by Crippen LogP contribution is -2.67. The summed E-state index contributed by atoms with van der Waals surface area (Å²) in [6, 6.07) is 0. The molecule has 0 aliphatic rings. The van der Waals surface area contributed by atoms with Gasteiger partial charge in [0.15, 0.2) is 0 Å². The molecule has 0 atom stereocenters. The summed E-state index contributed by atoms with van der Waals surface area (Å²) >= 11 is 0. The number of halogens is 9. The Balaban J connectivity index is 5.13. The molecule has 0 saturated carbocycles. The molecule has 0 aromatic heterocycles. The lowest BCUT2D eigenvalue weighted by Gasteiger charge is -2.37. The molecule has 0 fully saturated rings. The molecule has 0 saturated heterocycles. The first-order chi connectivity index (χ1) is 9.70. The van der Waals surface area contributed by atoms with Gasteiger partial charge in [0.05, 0.1) is 13.2 Å². The van der Waals surface area contributed by atoms with Gasteiger partial charge < -0.3 is 9.47 Å². The van der Waals surface area contributed by atoms with Gasteiger partial charge in [-0.15, -0.1) is 0 Å². The van der Waals surface area contributed by atoms with Crippen LogP contribution in [0.4, 0.5) is 39.5 Å². The molecule has 0 spiro atoms. The van der Waals surface area contributed by atoms with Gasteiger partial charge in [-0.05, 0) is 0 Å². The maximum Gasteiger partial charge on any atom is 0.435 e. The smallest absolute Gasteiger partial charge is 0.435 e. The van der Waals surface area contributed by atoms with E-state index in [-0.39, 0.29) is 0 Å². The zero-order chi connectivity index (χ0) is 17.8. The van der Waals surface area contributed by atoms with Crippen LogP contribution in [0.5, 0.6) is 0 Å². The highest BCUT2D eigenvalue weighted by Gasteiger charge is 2.85. The molecule has 0 bridgehead atoms. The molecular formula is C10H9F9O3. The summed E-state index contributed by atoms with van der Waals surface area (Å²) in [4.78, 5) is 10.5. The highest BCUT2D eigenvalue weighted by atomic mass is 19.4. The van der Waals surface area contributed by atoms with Crippen molar-refractivity contribution < 1.29 is 53.8 Å². The van der Waals surface area contributed by atoms with Crippen molar-refractivity contribution in [1.29, 1.82) is 0 Å². The Morgan fingerprint density at radius 3 is 1.59 bits per heavy atom. The SMILES string of the molecule is C=CC(=O)OCCCOC(C(F)(F)F)(C(F)(F)F)C(F)(F)F. The topological polar surface area (TPSA) is 35.5 Å². The average Bonchev–Trinajstić information content (AvgIpc) is 2.27. The number of carbonyl (C=O) groups excluding carboxylic acids is 1. The highest BCUT2D eigenvalue weighted by molar-refractivity contribution is 5.81. The number of alkyl halides is 9. The molecule has 0 amide bonds. The van der Waals surface area contributed by atoms with E-state index in [0.29, 0.717) is 6.08 Å². The van der Waals surface area contributed by atoms with E-state index < -0.39 is 49.7 Å². The number of hydrogen-bond donors (Lipinski definition) is 0. The Labute approximate surface area is 117 Å². The molecule has 3 nitrogen and oxygen atoms in total. The molecule has 0 aliphatic carbocycles. The van der Waals surface area contributed by atoms with Crippen LogP contribution in [-0.4, -0.2) is 43.3 Å². The Morgan fingerprint density at radius 2 is 1.27 bits per heavy atom. The van der Waals surface area contributed by atoms with Gasteiger partial charge >= 0.3 is 30.1 Å². The summed E-state index contributed by atoms with van der Waals surface area (Å²) in [7, 11) is 0. The summed E-state index contributed by atoms with van der Waals surface area (Å²) in [5, 5.41) is 0. The minimum atomic E-state index is -6.78.